The van der Waals surface area contributed by atoms with Crippen LogP contribution in [0.3, 0.4) is 0 Å². The van der Waals surface area contributed by atoms with Gasteiger partial charge in [-0.15, -0.1) is 0 Å². The lowest BCUT2D eigenvalue weighted by Crippen LogP contribution is -2.02. The van der Waals surface area contributed by atoms with E-state index >= 15 is 0 Å². The van der Waals surface area contributed by atoms with Crippen LogP contribution in [0.15, 0.2) is 73.1 Å². The Morgan fingerprint density at radius 2 is 1.76 bits per heavy atom. The van der Waals surface area contributed by atoms with Gasteiger partial charge in [0.1, 0.15) is 0 Å². The predicted octanol–water partition coefficient (Wildman–Crippen LogP) is 5.15. The van der Waals surface area contributed by atoms with Crippen LogP contribution in [0.4, 0.5) is 0 Å². The summed E-state index contributed by atoms with van der Waals surface area (Å²) in [5.41, 5.74) is 5.49. The first-order valence-electron chi connectivity index (χ1n) is 9.55. The molecule has 5 heteroatoms. The topological polar surface area (TPSA) is 60.7 Å². The van der Waals surface area contributed by atoms with E-state index in [0.717, 1.165) is 44.9 Å². The molecule has 0 bridgehead atoms. The lowest BCUT2D eigenvalue weighted by Gasteiger charge is -2.13. The Labute approximate surface area is 167 Å². The maximum atomic E-state index is 12.3. The average Bonchev–Trinajstić information content (AvgIpc) is 3.20. The van der Waals surface area contributed by atoms with Crippen LogP contribution in [0.5, 0.6) is 0 Å². The van der Waals surface area contributed by atoms with Crippen molar-refractivity contribution < 1.29 is 4.79 Å². The molecule has 140 valence electrons. The van der Waals surface area contributed by atoms with Crippen molar-refractivity contribution in [2.24, 2.45) is 0 Å². The van der Waals surface area contributed by atoms with Crippen molar-refractivity contribution in [3.05, 3.63) is 78.6 Å². The zero-order valence-electron chi connectivity index (χ0n) is 15.9. The van der Waals surface area contributed by atoms with E-state index in [0.29, 0.717) is 17.8 Å². The molecule has 0 N–H and O–H groups in total. The minimum absolute atomic E-state index is 0.552. The van der Waals surface area contributed by atoms with E-state index in [1.54, 1.807) is 6.20 Å². The fraction of sp³-hybridized carbons (Fsp3) is 0.0833. The predicted molar refractivity (Wildman–Crippen MR) is 115 cm³/mol. The van der Waals surface area contributed by atoms with Gasteiger partial charge in [-0.2, -0.15) is 5.10 Å². The normalized spacial score (nSPS) is 11.2. The molecule has 5 rings (SSSR count). The summed E-state index contributed by atoms with van der Waals surface area (Å²) in [5.74, 6) is 0. The van der Waals surface area contributed by atoms with Gasteiger partial charge in [-0.3, -0.25) is 9.78 Å². The number of hydrogen-bond acceptors (Lipinski definition) is 4. The Morgan fingerprint density at radius 3 is 2.55 bits per heavy atom. The second-order valence-corrected chi connectivity index (χ2v) is 6.85. The molecular formula is C24H18N4O. The Morgan fingerprint density at radius 1 is 0.966 bits per heavy atom. The molecule has 0 aliphatic heterocycles. The lowest BCUT2D eigenvalue weighted by molar-refractivity contribution is 0.112. The first kappa shape index (κ1) is 17.3. The van der Waals surface area contributed by atoms with Crippen LogP contribution in [-0.4, -0.2) is 26.0 Å². The molecule has 5 nitrogen and oxygen atoms in total. The van der Waals surface area contributed by atoms with Crippen LogP contribution >= 0.6 is 0 Å². The van der Waals surface area contributed by atoms with Crippen molar-refractivity contribution in [3.8, 4) is 22.4 Å². The van der Waals surface area contributed by atoms with Gasteiger partial charge in [0.15, 0.2) is 11.9 Å². The summed E-state index contributed by atoms with van der Waals surface area (Å²) < 4.78 is 1.86. The third-order valence-electron chi connectivity index (χ3n) is 5.17. The molecule has 0 saturated carbocycles. The fourth-order valence-corrected chi connectivity index (χ4v) is 3.78. The number of benzene rings is 2. The maximum Gasteiger partial charge on any atom is 0.159 e. The van der Waals surface area contributed by atoms with Crippen molar-refractivity contribution in [1.82, 2.24) is 19.7 Å². The van der Waals surface area contributed by atoms with Gasteiger partial charge in [-0.25, -0.2) is 9.67 Å². The van der Waals surface area contributed by atoms with Gasteiger partial charge >= 0.3 is 0 Å². The van der Waals surface area contributed by atoms with Crippen molar-refractivity contribution in [3.63, 3.8) is 0 Å². The Bertz CT molecular complexity index is 1360. The number of pyridine rings is 2. The Hall–Kier alpha value is -3.86. The van der Waals surface area contributed by atoms with Crippen molar-refractivity contribution in [2.75, 3.05) is 0 Å². The summed E-state index contributed by atoms with van der Waals surface area (Å²) in [6, 6.07) is 19.8. The highest BCUT2D eigenvalue weighted by molar-refractivity contribution is 6.07. The number of aldehydes is 1. The zero-order chi connectivity index (χ0) is 19.8. The van der Waals surface area contributed by atoms with Crippen LogP contribution in [0, 0.1) is 0 Å². The molecule has 3 heterocycles. The molecule has 0 unspecified atom stereocenters. The van der Waals surface area contributed by atoms with Crippen LogP contribution in [0.25, 0.3) is 44.3 Å². The molecule has 0 spiro atoms. The first-order valence-corrected chi connectivity index (χ1v) is 9.55. The van der Waals surface area contributed by atoms with Gasteiger partial charge in [0.25, 0.3) is 0 Å². The highest BCUT2D eigenvalue weighted by atomic mass is 16.1. The van der Waals surface area contributed by atoms with Crippen molar-refractivity contribution in [1.29, 1.82) is 0 Å². The summed E-state index contributed by atoms with van der Waals surface area (Å²) in [7, 11) is 0. The molecule has 0 aliphatic carbocycles. The molecule has 3 aromatic heterocycles. The van der Waals surface area contributed by atoms with Crippen LogP contribution < -0.4 is 0 Å². The molecule has 2 aromatic carbocycles. The summed E-state index contributed by atoms with van der Waals surface area (Å²) in [5, 5.41) is 6.37. The summed E-state index contributed by atoms with van der Waals surface area (Å²) >= 11 is 0. The Balaban J connectivity index is 1.89. The molecule has 0 fully saturated rings. The van der Waals surface area contributed by atoms with Gasteiger partial charge in [0.2, 0.25) is 0 Å². The molecule has 0 radical (unpaired) electrons. The second kappa shape index (κ2) is 6.95. The first-order chi connectivity index (χ1) is 14.3. The molecular weight excluding hydrogens is 360 g/mol. The quantitative estimate of drug-likeness (QED) is 0.406. The monoisotopic (exact) mass is 378 g/mol. The molecule has 0 atom stereocenters. The number of hydrogen-bond donors (Lipinski definition) is 0. The van der Waals surface area contributed by atoms with E-state index < -0.39 is 0 Å². The lowest BCUT2D eigenvalue weighted by atomic mass is 9.94. The highest BCUT2D eigenvalue weighted by Gasteiger charge is 2.20. The largest absolute Gasteiger partial charge is 0.298 e. The van der Waals surface area contributed by atoms with Crippen molar-refractivity contribution in [2.45, 2.75) is 13.5 Å². The minimum atomic E-state index is 0.552. The highest BCUT2D eigenvalue weighted by Crippen LogP contribution is 2.36. The average molecular weight is 378 g/mol. The smallest absolute Gasteiger partial charge is 0.159 e. The summed E-state index contributed by atoms with van der Waals surface area (Å²) in [4.78, 5) is 21.7. The number of aromatic nitrogens is 4. The second-order valence-electron chi connectivity index (χ2n) is 6.85. The van der Waals surface area contributed by atoms with E-state index in [9.17, 15) is 4.79 Å². The van der Waals surface area contributed by atoms with E-state index in [4.69, 9.17) is 4.98 Å². The number of para-hydroxylation sites is 1. The standard InChI is InChI=1S/C24H18N4O/c1-2-28-24-19(14-26-28)22(18-12-17-10-6-7-11-21(17)25-13-18)20(15-29)23(27-24)16-8-4-3-5-9-16/h3-15H,2H2,1H3. The molecule has 0 saturated heterocycles. The zero-order valence-corrected chi connectivity index (χ0v) is 15.9. The molecule has 0 aliphatic rings. The van der Waals surface area contributed by atoms with E-state index in [2.05, 4.69) is 16.1 Å². The minimum Gasteiger partial charge on any atom is -0.298 e. The summed E-state index contributed by atoms with van der Waals surface area (Å²) in [6.07, 6.45) is 4.50. The maximum absolute atomic E-state index is 12.3. The fourth-order valence-electron chi connectivity index (χ4n) is 3.78. The number of fused-ring (bicyclic) bond motifs is 2. The third kappa shape index (κ3) is 2.79. The molecule has 5 aromatic rings. The van der Waals surface area contributed by atoms with Gasteiger partial charge in [-0.05, 0) is 19.1 Å². The van der Waals surface area contributed by atoms with E-state index in [1.807, 2.05) is 72.4 Å². The van der Waals surface area contributed by atoms with Crippen LogP contribution in [0.1, 0.15) is 17.3 Å². The van der Waals surface area contributed by atoms with Crippen LogP contribution in [-0.2, 0) is 6.54 Å². The van der Waals surface area contributed by atoms with Gasteiger partial charge in [0.05, 0.1) is 17.4 Å². The van der Waals surface area contributed by atoms with Gasteiger partial charge in [-0.1, -0.05) is 48.5 Å². The third-order valence-corrected chi connectivity index (χ3v) is 5.17. The Kier molecular flexibility index (Phi) is 4.13. The number of aryl methyl sites for hydroxylation is 1. The van der Waals surface area contributed by atoms with Crippen molar-refractivity contribution >= 4 is 28.2 Å². The number of nitrogens with zero attached hydrogens (tertiary/aromatic N) is 4. The van der Waals surface area contributed by atoms with E-state index in [-0.39, 0.29) is 0 Å². The van der Waals surface area contributed by atoms with Crippen LogP contribution in [0.2, 0.25) is 0 Å². The molecule has 0 amide bonds. The number of rotatable bonds is 4. The number of carbonyl (C=O) groups excluding carboxylic acids is 1. The molecule has 29 heavy (non-hydrogen) atoms. The number of carbonyl (C=O) groups is 1. The SMILES string of the molecule is CCn1ncc2c(-c3cnc4ccccc4c3)c(C=O)c(-c3ccccc3)nc21. The van der Waals surface area contributed by atoms with Gasteiger partial charge < -0.3 is 0 Å². The van der Waals surface area contributed by atoms with Gasteiger partial charge in [0, 0.05) is 45.8 Å². The summed E-state index contributed by atoms with van der Waals surface area (Å²) in [6.45, 7) is 2.72. The van der Waals surface area contributed by atoms with E-state index in [1.165, 1.54) is 0 Å².